The molecule has 9 nitrogen and oxygen atoms in total. The van der Waals surface area contributed by atoms with Gasteiger partial charge in [-0.3, -0.25) is 9.59 Å². The minimum Gasteiger partial charge on any atom is -0.467 e. The minimum absolute atomic E-state index is 0.0874. The zero-order valence-electron chi connectivity index (χ0n) is 20.6. The third-order valence-electron chi connectivity index (χ3n) is 7.88. The van der Waals surface area contributed by atoms with Crippen LogP contribution in [0.25, 0.3) is 0 Å². The number of fused-ring (bicyclic) bond motifs is 1. The van der Waals surface area contributed by atoms with E-state index in [2.05, 4.69) is 17.2 Å². The van der Waals surface area contributed by atoms with Crippen molar-refractivity contribution < 1.29 is 28.7 Å². The van der Waals surface area contributed by atoms with Crippen LogP contribution in [0, 0.1) is 23.2 Å². The van der Waals surface area contributed by atoms with E-state index in [1.807, 2.05) is 20.8 Å². The fourth-order valence-corrected chi connectivity index (χ4v) is 5.66. The summed E-state index contributed by atoms with van der Waals surface area (Å²) in [6.07, 6.45) is 5.55. The van der Waals surface area contributed by atoms with Gasteiger partial charge in [-0.2, -0.15) is 0 Å². The maximum atomic E-state index is 13.6. The van der Waals surface area contributed by atoms with Gasteiger partial charge in [0.05, 0.1) is 7.11 Å². The van der Waals surface area contributed by atoms with Crippen molar-refractivity contribution in [3.8, 4) is 0 Å². The van der Waals surface area contributed by atoms with E-state index in [4.69, 9.17) is 9.47 Å². The van der Waals surface area contributed by atoms with E-state index in [0.29, 0.717) is 37.6 Å². The summed E-state index contributed by atoms with van der Waals surface area (Å²) in [5.41, 5.74) is -1.70. The number of likely N-dealkylation sites (tertiary alicyclic amines) is 1. The molecule has 1 unspecified atom stereocenters. The smallest absolute Gasteiger partial charge is 0.408 e. The molecule has 3 aliphatic carbocycles. The highest BCUT2D eigenvalue weighted by Crippen LogP contribution is 2.52. The first-order chi connectivity index (χ1) is 16.0. The molecular formula is C25H37N3O6. The third kappa shape index (κ3) is 4.66. The molecule has 1 heterocycles. The highest BCUT2D eigenvalue weighted by molar-refractivity contribution is 5.96. The molecule has 2 N–H and O–H groups in total. The molecule has 0 aromatic heterocycles. The number of ether oxygens (including phenoxy) is 2. The number of nitrogens with one attached hydrogen (secondary N) is 2. The Labute approximate surface area is 201 Å². The standard InChI is InChI=1S/C25H37N3O6/c1-6-16-13-25(16,22(31)33-5)27-20(29)18-8-7-9-28(18)21(30)19(24(2,3)4)26-23(32)34-17-11-14-10-15(14)12-17/h6,14-19H,1,7-13H2,2-5H3,(H,26,32)(H,27,29)/t14-,15+,16-,17+,18+,19-,25?/m1/s1. The average Bonchev–Trinajstić information content (AvgIpc) is 3.55. The van der Waals surface area contributed by atoms with Gasteiger partial charge in [0.25, 0.3) is 0 Å². The Hall–Kier alpha value is -2.58. The van der Waals surface area contributed by atoms with E-state index in [1.165, 1.54) is 18.4 Å². The number of hydrogen-bond donors (Lipinski definition) is 2. The molecule has 3 saturated carbocycles. The van der Waals surface area contributed by atoms with Crippen LogP contribution in [-0.4, -0.2) is 66.2 Å². The molecule has 34 heavy (non-hydrogen) atoms. The van der Waals surface area contributed by atoms with Gasteiger partial charge in [0, 0.05) is 12.5 Å². The maximum Gasteiger partial charge on any atom is 0.408 e. The van der Waals surface area contributed by atoms with Crippen LogP contribution in [0.4, 0.5) is 4.79 Å². The number of carbonyl (C=O) groups excluding carboxylic acids is 4. The van der Waals surface area contributed by atoms with Crippen molar-refractivity contribution in [2.45, 2.75) is 83.0 Å². The van der Waals surface area contributed by atoms with Crippen LogP contribution in [0.2, 0.25) is 0 Å². The van der Waals surface area contributed by atoms with Crippen molar-refractivity contribution in [2.75, 3.05) is 13.7 Å². The van der Waals surface area contributed by atoms with E-state index < -0.39 is 35.1 Å². The molecule has 0 radical (unpaired) electrons. The molecule has 4 rings (SSSR count). The number of amides is 3. The van der Waals surface area contributed by atoms with Gasteiger partial charge in [-0.1, -0.05) is 26.8 Å². The molecular weight excluding hydrogens is 438 g/mol. The quantitative estimate of drug-likeness (QED) is 0.431. The first-order valence-electron chi connectivity index (χ1n) is 12.3. The number of alkyl carbamates (subject to hydrolysis) is 1. The summed E-state index contributed by atoms with van der Waals surface area (Å²) in [5.74, 6) is -0.0529. The van der Waals surface area contributed by atoms with Gasteiger partial charge in [0.2, 0.25) is 11.8 Å². The monoisotopic (exact) mass is 475 g/mol. The molecule has 0 spiro atoms. The largest absolute Gasteiger partial charge is 0.467 e. The lowest BCUT2D eigenvalue weighted by Gasteiger charge is -2.35. The Morgan fingerprint density at radius 3 is 2.38 bits per heavy atom. The summed E-state index contributed by atoms with van der Waals surface area (Å²) in [6.45, 7) is 9.75. The second-order valence-corrected chi connectivity index (χ2v) is 11.4. The van der Waals surface area contributed by atoms with Gasteiger partial charge >= 0.3 is 12.1 Å². The van der Waals surface area contributed by atoms with Crippen LogP contribution in [0.15, 0.2) is 12.7 Å². The number of rotatable bonds is 7. The summed E-state index contributed by atoms with van der Waals surface area (Å²) in [4.78, 5) is 53.3. The lowest BCUT2D eigenvalue weighted by atomic mass is 9.85. The van der Waals surface area contributed by atoms with Crippen molar-refractivity contribution in [3.63, 3.8) is 0 Å². The molecule has 188 valence electrons. The summed E-state index contributed by atoms with van der Waals surface area (Å²) in [5, 5.41) is 5.61. The topological polar surface area (TPSA) is 114 Å². The summed E-state index contributed by atoms with van der Waals surface area (Å²) < 4.78 is 10.5. The SMILES string of the molecule is C=C[C@@H]1CC1(NC(=O)[C@@H]1CCCN1C(=O)[C@@H](NC(=O)O[C@@H]1C[C@@H]2C[C@@H]2C1)C(C)(C)C)C(=O)OC. The Bertz CT molecular complexity index is 872. The molecule has 4 fully saturated rings. The van der Waals surface area contributed by atoms with Gasteiger partial charge in [0.15, 0.2) is 0 Å². The van der Waals surface area contributed by atoms with Crippen molar-refractivity contribution >= 4 is 23.9 Å². The second-order valence-electron chi connectivity index (χ2n) is 11.4. The van der Waals surface area contributed by atoms with Crippen LogP contribution in [-0.2, 0) is 23.9 Å². The van der Waals surface area contributed by atoms with E-state index in [0.717, 1.165) is 12.8 Å². The van der Waals surface area contributed by atoms with Gasteiger partial charge < -0.3 is 25.0 Å². The first kappa shape index (κ1) is 24.5. The van der Waals surface area contributed by atoms with Gasteiger partial charge in [-0.25, -0.2) is 9.59 Å². The van der Waals surface area contributed by atoms with Crippen LogP contribution in [0.5, 0.6) is 0 Å². The number of nitrogens with zero attached hydrogens (tertiary/aromatic N) is 1. The fraction of sp³-hybridized carbons (Fsp3) is 0.760. The molecule has 0 aromatic rings. The molecule has 1 aliphatic heterocycles. The predicted molar refractivity (Wildman–Crippen MR) is 123 cm³/mol. The normalized spacial score (nSPS) is 34.5. The van der Waals surface area contributed by atoms with E-state index in [1.54, 1.807) is 6.08 Å². The zero-order chi connectivity index (χ0) is 24.8. The molecule has 7 atom stereocenters. The van der Waals surface area contributed by atoms with Crippen molar-refractivity contribution in [1.29, 1.82) is 0 Å². The van der Waals surface area contributed by atoms with Gasteiger partial charge in [-0.15, -0.1) is 6.58 Å². The number of esters is 1. The van der Waals surface area contributed by atoms with Crippen molar-refractivity contribution in [3.05, 3.63) is 12.7 Å². The number of hydrogen-bond acceptors (Lipinski definition) is 6. The van der Waals surface area contributed by atoms with E-state index in [9.17, 15) is 19.2 Å². The fourth-order valence-electron chi connectivity index (χ4n) is 5.66. The molecule has 9 heteroatoms. The van der Waals surface area contributed by atoms with E-state index in [-0.39, 0.29) is 23.8 Å². The Morgan fingerprint density at radius 1 is 1.15 bits per heavy atom. The van der Waals surface area contributed by atoms with Crippen molar-refractivity contribution in [1.82, 2.24) is 15.5 Å². The molecule has 0 bridgehead atoms. The molecule has 3 amide bonds. The molecule has 4 aliphatic rings. The minimum atomic E-state index is -1.11. The van der Waals surface area contributed by atoms with E-state index >= 15 is 0 Å². The van der Waals surface area contributed by atoms with Crippen molar-refractivity contribution in [2.24, 2.45) is 23.2 Å². The number of methoxy groups -OCH3 is 1. The van der Waals surface area contributed by atoms with Gasteiger partial charge in [-0.05, 0) is 55.8 Å². The van der Waals surface area contributed by atoms with Crippen LogP contribution >= 0.6 is 0 Å². The highest BCUT2D eigenvalue weighted by atomic mass is 16.6. The Morgan fingerprint density at radius 2 is 1.82 bits per heavy atom. The molecule has 0 aromatic carbocycles. The lowest BCUT2D eigenvalue weighted by Crippen LogP contribution is -2.59. The molecule has 1 saturated heterocycles. The summed E-state index contributed by atoms with van der Waals surface area (Å²) in [6, 6.07) is -1.56. The predicted octanol–water partition coefficient (Wildman–Crippen LogP) is 2.15. The van der Waals surface area contributed by atoms with Crippen LogP contribution in [0.3, 0.4) is 0 Å². The Kier molecular flexibility index (Phi) is 6.42. The lowest BCUT2D eigenvalue weighted by molar-refractivity contribution is -0.148. The summed E-state index contributed by atoms with van der Waals surface area (Å²) in [7, 11) is 1.29. The zero-order valence-corrected chi connectivity index (χ0v) is 20.6. The highest BCUT2D eigenvalue weighted by Gasteiger charge is 2.61. The van der Waals surface area contributed by atoms with Crippen LogP contribution < -0.4 is 10.6 Å². The first-order valence-corrected chi connectivity index (χ1v) is 12.3. The van der Waals surface area contributed by atoms with Gasteiger partial charge in [0.1, 0.15) is 23.7 Å². The maximum absolute atomic E-state index is 13.6. The number of carbonyl (C=O) groups is 4. The van der Waals surface area contributed by atoms with Crippen LogP contribution in [0.1, 0.15) is 59.3 Å². The second kappa shape index (κ2) is 8.89. The Balaban J connectivity index is 1.42. The summed E-state index contributed by atoms with van der Waals surface area (Å²) >= 11 is 0. The average molecular weight is 476 g/mol. The third-order valence-corrected chi connectivity index (χ3v) is 7.88.